The first-order valence-electron chi connectivity index (χ1n) is 18.3. The molecule has 9 atom stereocenters. The molecule has 3 saturated carbocycles. The van der Waals surface area contributed by atoms with Gasteiger partial charge in [0.15, 0.2) is 5.78 Å². The Morgan fingerprint density at radius 2 is 1.73 bits per heavy atom. The second kappa shape index (κ2) is 11.9. The first kappa shape index (κ1) is 36.5. The van der Waals surface area contributed by atoms with Crippen LogP contribution in [-0.2, 0) is 19.1 Å². The number of fused-ring (bicyclic) bond motifs is 7. The molecule has 0 aromatic heterocycles. The molecule has 0 radical (unpaired) electrons. The number of allylic oxidation sites excluding steroid dienone is 4. The lowest BCUT2D eigenvalue weighted by Crippen LogP contribution is -2.66. The van der Waals surface area contributed by atoms with Gasteiger partial charge in [-0.05, 0) is 117 Å². The summed E-state index contributed by atoms with van der Waals surface area (Å²) in [4.78, 5) is 45.9. The van der Waals surface area contributed by atoms with Gasteiger partial charge in [-0.1, -0.05) is 54.0 Å². The van der Waals surface area contributed by atoms with Crippen LogP contribution in [0.2, 0.25) is 0 Å². The summed E-state index contributed by atoms with van der Waals surface area (Å²) in [6.07, 6.45) is 7.61. The van der Waals surface area contributed by atoms with Crippen LogP contribution in [0.1, 0.15) is 121 Å². The Bertz CT molecular complexity index is 1460. The van der Waals surface area contributed by atoms with E-state index in [1.807, 2.05) is 26.8 Å². The van der Waals surface area contributed by atoms with Crippen LogP contribution < -0.4 is 0 Å². The van der Waals surface area contributed by atoms with Gasteiger partial charge in [0.05, 0.1) is 13.1 Å². The normalized spacial score (nSPS) is 40.2. The monoisotopic (exact) mass is 664 g/mol. The van der Waals surface area contributed by atoms with Crippen molar-refractivity contribution in [3.63, 3.8) is 0 Å². The van der Waals surface area contributed by atoms with E-state index in [2.05, 4.69) is 53.3 Å². The van der Waals surface area contributed by atoms with Gasteiger partial charge in [-0.15, -0.1) is 0 Å². The van der Waals surface area contributed by atoms with E-state index in [4.69, 9.17) is 16.0 Å². The minimum absolute atomic E-state index is 0.0665. The Balaban J connectivity index is 1.59. The summed E-state index contributed by atoms with van der Waals surface area (Å²) >= 11 is 0. The molecule has 0 aromatic carbocycles. The van der Waals surface area contributed by atoms with Gasteiger partial charge in [0, 0.05) is 24.8 Å². The molecular weight excluding hydrogens is 604 g/mol. The maximum atomic E-state index is 15.0. The second-order valence-electron chi connectivity index (χ2n) is 18.5. The van der Waals surface area contributed by atoms with Crippen LogP contribution in [0.5, 0.6) is 0 Å². The number of carbonyl (C=O) groups is 3. The smallest absolute Gasteiger partial charge is 0.410 e. The number of hydrogen-bond donors (Lipinski definition) is 1. The van der Waals surface area contributed by atoms with E-state index >= 15 is 0 Å². The molecule has 0 spiro atoms. The number of aliphatic hydroxyl groups is 1. The topological polar surface area (TPSA) is 97.5 Å². The number of ether oxygens (including phenoxy) is 2. The zero-order chi connectivity index (χ0) is 35.8. The lowest BCUT2D eigenvalue weighted by Gasteiger charge is -2.70. The highest BCUT2D eigenvalue weighted by atomic mass is 16.6. The molecule has 0 bridgehead atoms. The average molecular weight is 665 g/mol. The number of carbonyl (C=O) groups excluding carboxylic acids is 3. The zero-order valence-electron chi connectivity index (χ0n) is 31.4. The number of nitrogens with zero attached hydrogens (tertiary/aromatic N) is 2. The largest absolute Gasteiger partial charge is 0.523 e. The third kappa shape index (κ3) is 5.50. The van der Waals surface area contributed by atoms with E-state index in [1.54, 1.807) is 4.90 Å². The Morgan fingerprint density at radius 3 is 2.33 bits per heavy atom. The molecule has 3 fully saturated rings. The molecular formula is C40H60N2O6. The number of amides is 1. The lowest BCUT2D eigenvalue weighted by molar-refractivity contribution is -0.181. The molecule has 48 heavy (non-hydrogen) atoms. The summed E-state index contributed by atoms with van der Waals surface area (Å²) in [6.45, 7) is 31.4. The van der Waals surface area contributed by atoms with Gasteiger partial charge >= 0.3 is 12.1 Å². The second-order valence-corrected chi connectivity index (χ2v) is 18.5. The van der Waals surface area contributed by atoms with Gasteiger partial charge in [-0.2, -0.15) is 0 Å². The highest BCUT2D eigenvalue weighted by molar-refractivity contribution is 5.95. The maximum absolute atomic E-state index is 15.0. The van der Waals surface area contributed by atoms with Crippen LogP contribution >= 0.6 is 0 Å². The summed E-state index contributed by atoms with van der Waals surface area (Å²) in [6, 6.07) is 0. The van der Waals surface area contributed by atoms with Crippen molar-refractivity contribution < 1.29 is 29.0 Å². The summed E-state index contributed by atoms with van der Waals surface area (Å²) in [5, 5.41) is 11.2. The zero-order valence-corrected chi connectivity index (χ0v) is 31.4. The van der Waals surface area contributed by atoms with Gasteiger partial charge in [0.1, 0.15) is 18.0 Å². The molecule has 266 valence electrons. The van der Waals surface area contributed by atoms with Crippen molar-refractivity contribution in [3.8, 4) is 0 Å². The molecule has 1 N–H and O–H groups in total. The molecule has 0 saturated heterocycles. The first-order valence-corrected chi connectivity index (χ1v) is 18.3. The molecule has 0 heterocycles. The minimum atomic E-state index is -0.676. The number of aliphatic hydroxyl groups excluding tert-OH is 1. The first-order chi connectivity index (χ1) is 22.1. The van der Waals surface area contributed by atoms with E-state index in [9.17, 15) is 19.5 Å². The minimum Gasteiger partial charge on any atom is -0.523 e. The summed E-state index contributed by atoms with van der Waals surface area (Å²) in [5.41, 5.74) is -0.862. The third-order valence-electron chi connectivity index (χ3n) is 14.5. The summed E-state index contributed by atoms with van der Waals surface area (Å²) in [5.74, 6) is 0.718. The SMILES string of the molecule is [C-]#[N+]C1=C(O)C(C)(C)[C@@H]2CC[C@]3(C)C(=CC(=O)[C@@H]4[C@@H]5[C@@H](C)[C@H](C)CC[C@]5(CN(CCOC(C)=O)C(=O)OC(C)(C)C)CC[C@]43C)[C@@]2(C)C1. The van der Waals surface area contributed by atoms with E-state index in [-0.39, 0.29) is 70.6 Å². The van der Waals surface area contributed by atoms with Gasteiger partial charge in [0.25, 0.3) is 0 Å². The molecule has 1 amide bonds. The van der Waals surface area contributed by atoms with Crippen LogP contribution in [0, 0.1) is 63.2 Å². The van der Waals surface area contributed by atoms with Crippen molar-refractivity contribution in [1.29, 1.82) is 0 Å². The average Bonchev–Trinajstić information content (AvgIpc) is 2.97. The van der Waals surface area contributed by atoms with Crippen LogP contribution in [0.3, 0.4) is 0 Å². The van der Waals surface area contributed by atoms with E-state index < -0.39 is 22.5 Å². The molecule has 0 unspecified atom stereocenters. The fourth-order valence-electron chi connectivity index (χ4n) is 11.8. The Labute approximate surface area is 288 Å². The number of rotatable bonds is 5. The van der Waals surface area contributed by atoms with Crippen molar-refractivity contribution in [1.82, 2.24) is 4.90 Å². The summed E-state index contributed by atoms with van der Waals surface area (Å²) in [7, 11) is 0. The fourth-order valence-corrected chi connectivity index (χ4v) is 11.8. The lowest BCUT2D eigenvalue weighted by atomic mass is 9.33. The van der Waals surface area contributed by atoms with Crippen molar-refractivity contribution in [3.05, 3.63) is 34.5 Å². The molecule has 5 aliphatic rings. The third-order valence-corrected chi connectivity index (χ3v) is 14.5. The predicted octanol–water partition coefficient (Wildman–Crippen LogP) is 8.92. The number of esters is 1. The highest BCUT2D eigenvalue weighted by Crippen LogP contribution is 2.75. The van der Waals surface area contributed by atoms with Crippen LogP contribution in [0.25, 0.3) is 4.85 Å². The molecule has 8 nitrogen and oxygen atoms in total. The Hall–Kier alpha value is -2.82. The van der Waals surface area contributed by atoms with Crippen molar-refractivity contribution in [2.75, 3.05) is 19.7 Å². The number of hydrogen-bond acceptors (Lipinski definition) is 6. The van der Waals surface area contributed by atoms with Gasteiger partial charge in [0.2, 0.25) is 5.70 Å². The van der Waals surface area contributed by atoms with E-state index in [1.165, 1.54) is 12.5 Å². The molecule has 0 aromatic rings. The van der Waals surface area contributed by atoms with Crippen LogP contribution in [-0.4, -0.2) is 53.1 Å². The molecule has 0 aliphatic heterocycles. The van der Waals surface area contributed by atoms with Crippen LogP contribution in [0.4, 0.5) is 4.79 Å². The van der Waals surface area contributed by atoms with Crippen molar-refractivity contribution >= 4 is 17.8 Å². The van der Waals surface area contributed by atoms with E-state index in [0.717, 1.165) is 38.5 Å². The molecule has 5 aliphatic carbocycles. The van der Waals surface area contributed by atoms with Crippen LogP contribution in [0.15, 0.2) is 23.1 Å². The number of ketones is 1. The quantitative estimate of drug-likeness (QED) is 0.233. The predicted molar refractivity (Wildman–Crippen MR) is 185 cm³/mol. The van der Waals surface area contributed by atoms with Gasteiger partial charge < -0.3 is 19.5 Å². The van der Waals surface area contributed by atoms with E-state index in [0.29, 0.717) is 24.6 Å². The summed E-state index contributed by atoms with van der Waals surface area (Å²) < 4.78 is 11.2. The van der Waals surface area contributed by atoms with Crippen molar-refractivity contribution in [2.24, 2.45) is 56.7 Å². The van der Waals surface area contributed by atoms with Gasteiger partial charge in [-0.3, -0.25) is 9.59 Å². The Morgan fingerprint density at radius 1 is 1.06 bits per heavy atom. The standard InChI is InChI=1S/C40H60N2O6/c1-24-13-16-40(23-42(19-20-47-26(3)43)34(46)48-35(4,5)6)18-17-39(11)32(31(40)25(24)2)28(44)21-30-37(9)22-27(41-12)33(45)36(7,8)29(37)14-15-38(30,39)10/h21,24-25,29,31-32,45H,13-20,22-23H2,1-11H3/t24-,25+,29+,31+,32-,37+,38-,39-,40-/m1/s1. The molecule has 8 heteroatoms. The van der Waals surface area contributed by atoms with Gasteiger partial charge in [-0.25, -0.2) is 9.64 Å². The maximum Gasteiger partial charge on any atom is 0.410 e. The Kier molecular flexibility index (Phi) is 9.04. The van der Waals surface area contributed by atoms with Crippen molar-refractivity contribution in [2.45, 2.75) is 127 Å². The highest BCUT2D eigenvalue weighted by Gasteiger charge is 2.70. The molecule has 5 rings (SSSR count). The fraction of sp³-hybridized carbons (Fsp3) is 0.800.